The Balaban J connectivity index is 1.49. The van der Waals surface area contributed by atoms with Crippen LogP contribution < -0.4 is 15.4 Å². The van der Waals surface area contributed by atoms with E-state index in [1.807, 2.05) is 18.2 Å². The molecule has 0 saturated carbocycles. The van der Waals surface area contributed by atoms with Gasteiger partial charge in [0.1, 0.15) is 5.75 Å². The minimum Gasteiger partial charge on any atom is -0.497 e. The van der Waals surface area contributed by atoms with Gasteiger partial charge in [0, 0.05) is 44.8 Å². The maximum Gasteiger partial charge on any atom is 0.191 e. The van der Waals surface area contributed by atoms with E-state index in [0.717, 1.165) is 74.7 Å². The first-order valence-corrected chi connectivity index (χ1v) is 10.7. The minimum absolute atomic E-state index is 0.719. The van der Waals surface area contributed by atoms with Crippen molar-refractivity contribution in [2.45, 2.75) is 19.5 Å². The summed E-state index contributed by atoms with van der Waals surface area (Å²) in [6.45, 7) is 6.01. The lowest BCUT2D eigenvalue weighted by Crippen LogP contribution is -2.38. The van der Waals surface area contributed by atoms with Crippen molar-refractivity contribution in [3.05, 3.63) is 64.2 Å². The molecule has 2 N–H and O–H groups in total. The summed E-state index contributed by atoms with van der Waals surface area (Å²) in [5, 5.41) is 7.51. The van der Waals surface area contributed by atoms with Gasteiger partial charge in [0.15, 0.2) is 5.96 Å². The molecule has 1 fully saturated rings. The Kier molecular flexibility index (Phi) is 8.81. The van der Waals surface area contributed by atoms with Crippen LogP contribution in [0.4, 0.5) is 0 Å². The molecule has 0 unspecified atom stereocenters. The Labute approximate surface area is 184 Å². The van der Waals surface area contributed by atoms with Crippen LogP contribution in [0.3, 0.4) is 0 Å². The zero-order valence-electron chi connectivity index (χ0n) is 17.8. The van der Waals surface area contributed by atoms with E-state index >= 15 is 0 Å². The molecule has 0 aliphatic carbocycles. The van der Waals surface area contributed by atoms with Gasteiger partial charge >= 0.3 is 0 Å². The van der Waals surface area contributed by atoms with Crippen LogP contribution in [0.5, 0.6) is 5.75 Å². The van der Waals surface area contributed by atoms with Crippen molar-refractivity contribution in [2.75, 3.05) is 47.0 Å². The number of aliphatic imine (C=N–C) groups is 1. The van der Waals surface area contributed by atoms with Gasteiger partial charge < -0.3 is 20.1 Å². The van der Waals surface area contributed by atoms with Gasteiger partial charge in [-0.05, 0) is 35.2 Å². The molecule has 1 heterocycles. The number of guanidine groups is 1. The number of halogens is 1. The molecular formula is C23H31ClN4O2. The molecule has 6 nitrogen and oxygen atoms in total. The Hall–Kier alpha value is -2.28. The number of methoxy groups -OCH3 is 1. The molecule has 0 radical (unpaired) electrons. The van der Waals surface area contributed by atoms with Crippen molar-refractivity contribution in [1.29, 1.82) is 0 Å². The van der Waals surface area contributed by atoms with Gasteiger partial charge in [0.05, 0.1) is 20.3 Å². The molecule has 0 bridgehead atoms. The van der Waals surface area contributed by atoms with Crippen LogP contribution in [0.15, 0.2) is 47.5 Å². The summed E-state index contributed by atoms with van der Waals surface area (Å²) >= 11 is 6.33. The van der Waals surface area contributed by atoms with Crippen molar-refractivity contribution in [2.24, 2.45) is 4.99 Å². The van der Waals surface area contributed by atoms with Crippen LogP contribution in [0.25, 0.3) is 0 Å². The van der Waals surface area contributed by atoms with E-state index in [9.17, 15) is 0 Å². The summed E-state index contributed by atoms with van der Waals surface area (Å²) in [7, 11) is 3.43. The molecule has 7 heteroatoms. The average Bonchev–Trinajstić information content (AvgIpc) is 2.78. The van der Waals surface area contributed by atoms with E-state index in [0.29, 0.717) is 0 Å². The lowest BCUT2D eigenvalue weighted by Gasteiger charge is -2.27. The van der Waals surface area contributed by atoms with Crippen LogP contribution in [0.1, 0.15) is 16.7 Å². The second-order valence-corrected chi connectivity index (χ2v) is 7.62. The maximum atomic E-state index is 6.33. The van der Waals surface area contributed by atoms with Crippen molar-refractivity contribution in [3.8, 4) is 5.75 Å². The average molecular weight is 431 g/mol. The summed E-state index contributed by atoms with van der Waals surface area (Å²) in [4.78, 5) is 6.78. The summed E-state index contributed by atoms with van der Waals surface area (Å²) in [5.41, 5.74) is 3.70. The van der Waals surface area contributed by atoms with Crippen molar-refractivity contribution in [3.63, 3.8) is 0 Å². The van der Waals surface area contributed by atoms with E-state index in [2.05, 4.69) is 44.8 Å². The van der Waals surface area contributed by atoms with Crippen molar-refractivity contribution >= 4 is 17.6 Å². The second kappa shape index (κ2) is 11.8. The molecule has 0 atom stereocenters. The van der Waals surface area contributed by atoms with E-state index in [1.165, 1.54) is 11.1 Å². The normalized spacial score (nSPS) is 15.1. The third kappa shape index (κ3) is 6.62. The predicted molar refractivity (Wildman–Crippen MR) is 122 cm³/mol. The number of benzene rings is 2. The van der Waals surface area contributed by atoms with Gasteiger partial charge in [-0.25, -0.2) is 0 Å². The molecular weight excluding hydrogens is 400 g/mol. The SMILES string of the molecule is CN=C(NCCc1ccc(OC)cc1Cl)NCc1ccccc1CN1CCOCC1. The summed E-state index contributed by atoms with van der Waals surface area (Å²) in [6, 6.07) is 14.3. The van der Waals surface area contributed by atoms with Gasteiger partial charge in [-0.2, -0.15) is 0 Å². The van der Waals surface area contributed by atoms with Gasteiger partial charge in [-0.1, -0.05) is 41.9 Å². The van der Waals surface area contributed by atoms with Crippen LogP contribution in [0, 0.1) is 0 Å². The molecule has 0 amide bonds. The minimum atomic E-state index is 0.719. The van der Waals surface area contributed by atoms with E-state index in [-0.39, 0.29) is 0 Å². The van der Waals surface area contributed by atoms with E-state index in [4.69, 9.17) is 21.1 Å². The van der Waals surface area contributed by atoms with Crippen molar-refractivity contribution < 1.29 is 9.47 Å². The Morgan fingerprint density at radius 1 is 1.10 bits per heavy atom. The third-order valence-corrected chi connectivity index (χ3v) is 5.58. The van der Waals surface area contributed by atoms with Crippen LogP contribution in [-0.4, -0.2) is 57.9 Å². The lowest BCUT2D eigenvalue weighted by molar-refractivity contribution is 0.0341. The van der Waals surface area contributed by atoms with Gasteiger partial charge in [-0.15, -0.1) is 0 Å². The highest BCUT2D eigenvalue weighted by Crippen LogP contribution is 2.22. The smallest absolute Gasteiger partial charge is 0.191 e. The molecule has 2 aromatic carbocycles. The molecule has 0 aromatic heterocycles. The Morgan fingerprint density at radius 2 is 1.87 bits per heavy atom. The topological polar surface area (TPSA) is 58.1 Å². The highest BCUT2D eigenvalue weighted by Gasteiger charge is 2.13. The highest BCUT2D eigenvalue weighted by molar-refractivity contribution is 6.31. The fourth-order valence-corrected chi connectivity index (χ4v) is 3.72. The number of nitrogens with zero attached hydrogens (tertiary/aromatic N) is 2. The molecule has 1 saturated heterocycles. The Bertz CT molecular complexity index is 838. The number of morpholine rings is 1. The first-order valence-electron chi connectivity index (χ1n) is 10.3. The van der Waals surface area contributed by atoms with Crippen LogP contribution in [-0.2, 0) is 24.2 Å². The number of hydrogen-bond acceptors (Lipinski definition) is 4. The maximum absolute atomic E-state index is 6.33. The molecule has 3 rings (SSSR count). The monoisotopic (exact) mass is 430 g/mol. The quantitative estimate of drug-likeness (QED) is 0.498. The van der Waals surface area contributed by atoms with Gasteiger partial charge in [0.25, 0.3) is 0 Å². The molecule has 2 aromatic rings. The van der Waals surface area contributed by atoms with Gasteiger partial charge in [-0.3, -0.25) is 9.89 Å². The predicted octanol–water partition coefficient (Wildman–Crippen LogP) is 3.09. The Morgan fingerprint density at radius 3 is 2.57 bits per heavy atom. The highest BCUT2D eigenvalue weighted by atomic mass is 35.5. The zero-order valence-corrected chi connectivity index (χ0v) is 18.5. The standard InChI is InChI=1S/C23H31ClN4O2/c1-25-23(26-10-9-18-7-8-21(29-2)15-22(18)24)27-16-19-5-3-4-6-20(19)17-28-11-13-30-14-12-28/h3-8,15H,9-14,16-17H2,1-2H3,(H2,25,26,27). The molecule has 1 aliphatic rings. The molecule has 162 valence electrons. The van der Waals surface area contributed by atoms with E-state index in [1.54, 1.807) is 14.2 Å². The van der Waals surface area contributed by atoms with Crippen molar-refractivity contribution in [1.82, 2.24) is 15.5 Å². The van der Waals surface area contributed by atoms with Crippen LogP contribution in [0.2, 0.25) is 5.02 Å². The number of ether oxygens (including phenoxy) is 2. The zero-order chi connectivity index (χ0) is 21.2. The largest absolute Gasteiger partial charge is 0.497 e. The number of rotatable bonds is 8. The number of nitrogens with one attached hydrogen (secondary N) is 2. The molecule has 0 spiro atoms. The first-order chi connectivity index (χ1) is 14.7. The molecule has 1 aliphatic heterocycles. The van der Waals surface area contributed by atoms with Crippen LogP contribution >= 0.6 is 11.6 Å². The summed E-state index contributed by atoms with van der Waals surface area (Å²) in [6.07, 6.45) is 0.803. The summed E-state index contributed by atoms with van der Waals surface area (Å²) in [5.74, 6) is 1.55. The second-order valence-electron chi connectivity index (χ2n) is 7.22. The first kappa shape index (κ1) is 22.4. The number of hydrogen-bond donors (Lipinski definition) is 2. The lowest BCUT2D eigenvalue weighted by atomic mass is 10.1. The summed E-state index contributed by atoms with van der Waals surface area (Å²) < 4.78 is 10.7. The third-order valence-electron chi connectivity index (χ3n) is 5.23. The van der Waals surface area contributed by atoms with Gasteiger partial charge in [0.2, 0.25) is 0 Å². The fraction of sp³-hybridized carbons (Fsp3) is 0.435. The molecule has 30 heavy (non-hydrogen) atoms. The van der Waals surface area contributed by atoms with E-state index < -0.39 is 0 Å². The fourth-order valence-electron chi connectivity index (χ4n) is 3.46.